The van der Waals surface area contributed by atoms with Crippen LogP contribution < -0.4 is 9.06 Å². The summed E-state index contributed by atoms with van der Waals surface area (Å²) in [6.45, 7) is 8.53. The van der Waals surface area contributed by atoms with Crippen LogP contribution >= 0.6 is 11.3 Å². The number of nitrogens with zero attached hydrogens (tertiary/aromatic N) is 3. The summed E-state index contributed by atoms with van der Waals surface area (Å²) in [5.74, 6) is 0.146. The number of rotatable bonds is 2. The van der Waals surface area contributed by atoms with Crippen LogP contribution in [0.5, 0.6) is 5.75 Å². The van der Waals surface area contributed by atoms with E-state index in [0.717, 1.165) is 51.5 Å². The first-order valence-corrected chi connectivity index (χ1v) is 11.8. The largest absolute Gasteiger partial charge is 0.506 e. The molecule has 5 heterocycles. The molecule has 2 aromatic rings. The number of hydrogen-bond donors (Lipinski definition) is 1. The van der Waals surface area contributed by atoms with E-state index in [1.165, 1.54) is 21.3 Å². The van der Waals surface area contributed by atoms with Gasteiger partial charge in [-0.05, 0) is 97.6 Å². The van der Waals surface area contributed by atoms with Crippen molar-refractivity contribution in [3.63, 3.8) is 0 Å². The van der Waals surface area contributed by atoms with Crippen LogP contribution in [0.4, 0.5) is 0 Å². The second-order valence-corrected chi connectivity index (χ2v) is 9.28. The molecule has 0 unspecified atom stereocenters. The van der Waals surface area contributed by atoms with Crippen molar-refractivity contribution < 1.29 is 5.11 Å². The Balaban J connectivity index is 1.81. The smallest absolute Gasteiger partial charge is 0.141 e. The summed E-state index contributed by atoms with van der Waals surface area (Å²) in [6.07, 6.45) is 10.0. The minimum atomic E-state index is 0.146. The zero-order chi connectivity index (χ0) is 22.4. The highest BCUT2D eigenvalue weighted by molar-refractivity contribution is 7.08. The van der Waals surface area contributed by atoms with Gasteiger partial charge in [0.25, 0.3) is 0 Å². The highest BCUT2D eigenvalue weighted by Crippen LogP contribution is 2.32. The molecule has 4 nitrogen and oxygen atoms in total. The van der Waals surface area contributed by atoms with Gasteiger partial charge in [0.1, 0.15) is 11.4 Å². The van der Waals surface area contributed by atoms with E-state index in [2.05, 4.69) is 52.0 Å². The van der Waals surface area contributed by atoms with Crippen molar-refractivity contribution in [3.05, 3.63) is 78.4 Å². The maximum atomic E-state index is 10.5. The van der Waals surface area contributed by atoms with Crippen LogP contribution in [-0.4, -0.2) is 21.5 Å². The van der Waals surface area contributed by atoms with Gasteiger partial charge in [-0.25, -0.2) is 15.0 Å². The first-order valence-electron chi connectivity index (χ1n) is 11.0. The van der Waals surface area contributed by atoms with Crippen molar-refractivity contribution in [1.82, 2.24) is 4.98 Å². The molecule has 0 spiro atoms. The molecule has 5 heteroatoms. The summed E-state index contributed by atoms with van der Waals surface area (Å²) in [6, 6.07) is 7.82. The standard InChI is InChI=1S/C27H25N3OS/c1-5-20-15(3)22-11-17-7-10-27(31)26(28-17)14-23-16(4)21(6-2)25(30-23)13-19-9-8-18(32-19)12-24(20)29-22/h7-14,31H,5-6H2,1-4H3. The lowest BCUT2D eigenvalue weighted by atomic mass is 10.0. The molecule has 0 aromatic carbocycles. The van der Waals surface area contributed by atoms with E-state index in [1.54, 1.807) is 17.4 Å². The fraction of sp³-hybridized carbons (Fsp3) is 0.222. The number of allylic oxidation sites excluding steroid dienone is 4. The zero-order valence-corrected chi connectivity index (χ0v) is 19.5. The van der Waals surface area contributed by atoms with Crippen molar-refractivity contribution in [2.45, 2.75) is 40.5 Å². The lowest BCUT2D eigenvalue weighted by Gasteiger charge is -2.04. The number of pyridine rings is 1. The van der Waals surface area contributed by atoms with E-state index in [4.69, 9.17) is 15.0 Å². The van der Waals surface area contributed by atoms with Gasteiger partial charge in [-0.2, -0.15) is 0 Å². The molecule has 0 atom stereocenters. The van der Waals surface area contributed by atoms with Gasteiger partial charge in [0.15, 0.2) is 0 Å². The van der Waals surface area contributed by atoms with E-state index in [-0.39, 0.29) is 5.75 Å². The minimum Gasteiger partial charge on any atom is -0.506 e. The topological polar surface area (TPSA) is 57.8 Å². The number of aromatic nitrogens is 1. The highest BCUT2D eigenvalue weighted by Gasteiger charge is 2.20. The molecule has 5 rings (SSSR count). The maximum Gasteiger partial charge on any atom is 0.141 e. The van der Waals surface area contributed by atoms with Crippen LogP contribution in [0.15, 0.2) is 67.9 Å². The third kappa shape index (κ3) is 3.53. The van der Waals surface area contributed by atoms with Crippen LogP contribution in [0.3, 0.4) is 0 Å². The van der Waals surface area contributed by atoms with Gasteiger partial charge in [-0.1, -0.05) is 13.8 Å². The van der Waals surface area contributed by atoms with Gasteiger partial charge < -0.3 is 5.11 Å². The van der Waals surface area contributed by atoms with Crippen molar-refractivity contribution in [2.75, 3.05) is 0 Å². The summed E-state index contributed by atoms with van der Waals surface area (Å²) in [5.41, 5.74) is 9.85. The average molecular weight is 440 g/mol. The van der Waals surface area contributed by atoms with Gasteiger partial charge in [-0.15, -0.1) is 11.3 Å². The maximum absolute atomic E-state index is 10.5. The van der Waals surface area contributed by atoms with Crippen molar-refractivity contribution in [2.24, 2.45) is 9.98 Å². The Morgan fingerprint density at radius 3 is 1.88 bits per heavy atom. The average Bonchev–Trinajstić information content (AvgIpc) is 3.41. The predicted octanol–water partition coefficient (Wildman–Crippen LogP) is 5.17. The molecule has 0 fully saturated rings. The number of hydrogen-bond acceptors (Lipinski definition) is 5. The second-order valence-electron chi connectivity index (χ2n) is 8.14. The van der Waals surface area contributed by atoms with E-state index in [1.807, 2.05) is 18.2 Å². The van der Waals surface area contributed by atoms with Crippen LogP contribution in [0.25, 0.3) is 24.3 Å². The summed E-state index contributed by atoms with van der Waals surface area (Å²) in [5, 5.41) is 10.5. The molecule has 2 aromatic heterocycles. The Bertz CT molecular complexity index is 1460. The molecule has 0 amide bonds. The molecule has 8 bridgehead atoms. The molecule has 32 heavy (non-hydrogen) atoms. The molecule has 3 aliphatic heterocycles. The second kappa shape index (κ2) is 7.99. The van der Waals surface area contributed by atoms with Gasteiger partial charge in [0, 0.05) is 9.06 Å². The Morgan fingerprint density at radius 1 is 0.750 bits per heavy atom. The van der Waals surface area contributed by atoms with Crippen molar-refractivity contribution in [3.8, 4) is 5.75 Å². The molecular formula is C27H25N3OS. The lowest BCUT2D eigenvalue weighted by molar-refractivity contribution is 0.471. The van der Waals surface area contributed by atoms with Gasteiger partial charge in [0.2, 0.25) is 0 Å². The van der Waals surface area contributed by atoms with Crippen LogP contribution in [-0.2, 0) is 0 Å². The lowest BCUT2D eigenvalue weighted by Crippen LogP contribution is -2.03. The summed E-state index contributed by atoms with van der Waals surface area (Å²) in [4.78, 5) is 14.6. The van der Waals surface area contributed by atoms with Crippen molar-refractivity contribution >= 4 is 47.1 Å². The molecule has 0 saturated carbocycles. The number of aliphatic imine (C=N–C) groups is 2. The van der Waals surface area contributed by atoms with E-state index in [9.17, 15) is 5.11 Å². The summed E-state index contributed by atoms with van der Waals surface area (Å²) < 4.78 is 2.35. The Kier molecular flexibility index (Phi) is 5.14. The Labute approximate surface area is 191 Å². The molecule has 0 aliphatic carbocycles. The van der Waals surface area contributed by atoms with E-state index in [0.29, 0.717) is 5.69 Å². The quantitative estimate of drug-likeness (QED) is 0.702. The predicted molar refractivity (Wildman–Crippen MR) is 135 cm³/mol. The van der Waals surface area contributed by atoms with Gasteiger partial charge in [0.05, 0.1) is 28.5 Å². The monoisotopic (exact) mass is 439 g/mol. The molecule has 160 valence electrons. The highest BCUT2D eigenvalue weighted by atomic mass is 32.1. The molecule has 1 N–H and O–H groups in total. The Morgan fingerprint density at radius 2 is 1.31 bits per heavy atom. The summed E-state index contributed by atoms with van der Waals surface area (Å²) >= 11 is 1.75. The normalized spacial score (nSPS) is 17.5. The number of thiophene rings is 1. The fourth-order valence-corrected chi connectivity index (χ4v) is 5.29. The zero-order valence-electron chi connectivity index (χ0n) is 18.7. The molecular weight excluding hydrogens is 414 g/mol. The first kappa shape index (κ1) is 20.6. The van der Waals surface area contributed by atoms with E-state index < -0.39 is 0 Å². The first-order chi connectivity index (χ1) is 15.5. The number of aromatic hydroxyl groups is 1. The minimum absolute atomic E-state index is 0.146. The SMILES string of the molecule is CCC1=C(C)C2=Cc3ccc(O)c(n3)C=C3N=C(C=c4ccc(s4)=CC1=N2)C(CC)=C3C. The molecule has 3 aliphatic rings. The Hall–Kier alpha value is -3.31. The molecule has 0 saturated heterocycles. The van der Waals surface area contributed by atoms with Gasteiger partial charge >= 0.3 is 0 Å². The number of fused-ring (bicyclic) bond motifs is 6. The van der Waals surface area contributed by atoms with Crippen LogP contribution in [0.1, 0.15) is 51.9 Å². The van der Waals surface area contributed by atoms with Crippen LogP contribution in [0.2, 0.25) is 0 Å². The fourth-order valence-electron chi connectivity index (χ4n) is 4.40. The third-order valence-corrected chi connectivity index (χ3v) is 7.15. The summed E-state index contributed by atoms with van der Waals surface area (Å²) in [7, 11) is 0. The third-order valence-electron chi connectivity index (χ3n) is 6.17. The van der Waals surface area contributed by atoms with Crippen molar-refractivity contribution in [1.29, 1.82) is 0 Å². The molecule has 0 radical (unpaired) electrons. The van der Waals surface area contributed by atoms with Gasteiger partial charge in [-0.3, -0.25) is 0 Å². The van der Waals surface area contributed by atoms with Crippen LogP contribution in [0, 0.1) is 0 Å². The van der Waals surface area contributed by atoms with E-state index >= 15 is 0 Å².